The Morgan fingerprint density at radius 2 is 1.86 bits per heavy atom. The molecule has 0 bridgehead atoms. The van der Waals surface area contributed by atoms with Crippen molar-refractivity contribution < 1.29 is 17.9 Å². The molecule has 6 heteroatoms. The van der Waals surface area contributed by atoms with Gasteiger partial charge in [-0.15, -0.1) is 0 Å². The summed E-state index contributed by atoms with van der Waals surface area (Å²) in [7, 11) is 3.75. The maximum absolute atomic E-state index is 12.3. The Balaban J connectivity index is 0.000000677. The molecule has 120 valence electrons. The van der Waals surface area contributed by atoms with E-state index in [0.717, 1.165) is 38.1 Å². The zero-order valence-electron chi connectivity index (χ0n) is 12.5. The SMILES string of the molecule is CNC.FC(F)(F)c1ccc(OCC2CCCNC2)cc1. The largest absolute Gasteiger partial charge is 0.493 e. The molecule has 1 unspecified atom stereocenters. The molecule has 2 N–H and O–H groups in total. The highest BCUT2D eigenvalue weighted by atomic mass is 19.4. The van der Waals surface area contributed by atoms with Gasteiger partial charge in [-0.05, 0) is 57.7 Å². The van der Waals surface area contributed by atoms with Crippen LogP contribution in [0.1, 0.15) is 18.4 Å². The van der Waals surface area contributed by atoms with Gasteiger partial charge in [0.15, 0.2) is 0 Å². The van der Waals surface area contributed by atoms with Gasteiger partial charge in [0, 0.05) is 12.5 Å². The molecule has 0 aliphatic carbocycles. The second-order valence-electron chi connectivity index (χ2n) is 5.05. The predicted molar refractivity (Wildman–Crippen MR) is 77.5 cm³/mol. The zero-order valence-corrected chi connectivity index (χ0v) is 12.5. The molecule has 0 radical (unpaired) electrons. The van der Waals surface area contributed by atoms with Crippen LogP contribution in [-0.4, -0.2) is 33.8 Å². The van der Waals surface area contributed by atoms with Crippen LogP contribution in [0.15, 0.2) is 24.3 Å². The summed E-state index contributed by atoms with van der Waals surface area (Å²) in [5.74, 6) is 0.939. The third-order valence-electron chi connectivity index (χ3n) is 3.07. The smallest absolute Gasteiger partial charge is 0.416 e. The average molecular weight is 304 g/mol. The summed E-state index contributed by atoms with van der Waals surface area (Å²) in [5.41, 5.74) is -0.644. The predicted octanol–water partition coefficient (Wildman–Crippen LogP) is 2.92. The number of hydrogen-bond donors (Lipinski definition) is 2. The molecular weight excluding hydrogens is 281 g/mol. The molecule has 0 spiro atoms. The van der Waals surface area contributed by atoms with Crippen LogP contribution in [-0.2, 0) is 6.18 Å². The number of piperidine rings is 1. The minimum Gasteiger partial charge on any atom is -0.493 e. The molecular formula is C15H23F3N2O. The fourth-order valence-corrected chi connectivity index (χ4v) is 2.02. The molecule has 0 aromatic heterocycles. The van der Waals surface area contributed by atoms with Gasteiger partial charge in [-0.3, -0.25) is 0 Å². The van der Waals surface area contributed by atoms with Crippen LogP contribution >= 0.6 is 0 Å². The van der Waals surface area contributed by atoms with Crippen LogP contribution in [0.2, 0.25) is 0 Å². The normalized spacial score (nSPS) is 18.6. The van der Waals surface area contributed by atoms with Crippen LogP contribution in [0.25, 0.3) is 0 Å². The van der Waals surface area contributed by atoms with Crippen LogP contribution in [0, 0.1) is 5.92 Å². The number of rotatable bonds is 3. The number of benzene rings is 1. The summed E-state index contributed by atoms with van der Waals surface area (Å²) < 4.78 is 42.5. The maximum atomic E-state index is 12.3. The van der Waals surface area contributed by atoms with E-state index in [1.54, 1.807) is 0 Å². The van der Waals surface area contributed by atoms with Crippen molar-refractivity contribution in [1.82, 2.24) is 10.6 Å². The van der Waals surface area contributed by atoms with E-state index in [-0.39, 0.29) is 0 Å². The molecule has 1 aliphatic heterocycles. The quantitative estimate of drug-likeness (QED) is 0.901. The summed E-state index contributed by atoms with van der Waals surface area (Å²) >= 11 is 0. The van der Waals surface area contributed by atoms with E-state index in [0.29, 0.717) is 18.3 Å². The van der Waals surface area contributed by atoms with Crippen molar-refractivity contribution in [3.63, 3.8) is 0 Å². The molecule has 1 saturated heterocycles. The van der Waals surface area contributed by atoms with Gasteiger partial charge < -0.3 is 15.4 Å². The van der Waals surface area contributed by atoms with E-state index in [2.05, 4.69) is 10.6 Å². The third-order valence-corrected chi connectivity index (χ3v) is 3.07. The lowest BCUT2D eigenvalue weighted by atomic mass is 10.0. The van der Waals surface area contributed by atoms with Crippen molar-refractivity contribution >= 4 is 0 Å². The first-order valence-electron chi connectivity index (χ1n) is 7.06. The van der Waals surface area contributed by atoms with Gasteiger partial charge in [0.2, 0.25) is 0 Å². The standard InChI is InChI=1S/C13H16F3NO.C2H7N/c14-13(15,16)11-3-5-12(6-4-11)18-9-10-2-1-7-17-8-10;1-3-2/h3-6,10,17H,1-2,7-9H2;3H,1-2H3. The molecule has 1 aromatic carbocycles. The Kier molecular flexibility index (Phi) is 7.53. The molecule has 2 rings (SSSR count). The lowest BCUT2D eigenvalue weighted by molar-refractivity contribution is -0.137. The lowest BCUT2D eigenvalue weighted by Gasteiger charge is -2.22. The highest BCUT2D eigenvalue weighted by Gasteiger charge is 2.30. The molecule has 1 atom stereocenters. The van der Waals surface area contributed by atoms with Crippen LogP contribution in [0.4, 0.5) is 13.2 Å². The fourth-order valence-electron chi connectivity index (χ4n) is 2.02. The first-order chi connectivity index (χ1) is 9.97. The topological polar surface area (TPSA) is 33.3 Å². The molecule has 1 aromatic rings. The molecule has 0 amide bonds. The average Bonchev–Trinajstić information content (AvgIpc) is 2.47. The number of nitrogens with one attached hydrogen (secondary N) is 2. The Hall–Kier alpha value is -1.27. The summed E-state index contributed by atoms with van der Waals surface area (Å²) in [6, 6.07) is 4.85. The van der Waals surface area contributed by atoms with E-state index in [1.807, 2.05) is 14.1 Å². The molecule has 3 nitrogen and oxygen atoms in total. The maximum Gasteiger partial charge on any atom is 0.416 e. The minimum absolute atomic E-state index is 0.445. The van der Waals surface area contributed by atoms with Crippen molar-refractivity contribution in [3.8, 4) is 5.75 Å². The van der Waals surface area contributed by atoms with Gasteiger partial charge in [0.05, 0.1) is 12.2 Å². The van der Waals surface area contributed by atoms with Crippen molar-refractivity contribution in [3.05, 3.63) is 29.8 Å². The van der Waals surface area contributed by atoms with E-state index in [4.69, 9.17) is 4.74 Å². The van der Waals surface area contributed by atoms with Gasteiger partial charge in [-0.2, -0.15) is 13.2 Å². The van der Waals surface area contributed by atoms with Gasteiger partial charge in [0.25, 0.3) is 0 Å². The van der Waals surface area contributed by atoms with Crippen LogP contribution in [0.3, 0.4) is 0 Å². The van der Waals surface area contributed by atoms with Gasteiger partial charge in [-0.25, -0.2) is 0 Å². The molecule has 21 heavy (non-hydrogen) atoms. The summed E-state index contributed by atoms with van der Waals surface area (Å²) in [6.07, 6.45) is -2.06. The summed E-state index contributed by atoms with van der Waals surface area (Å²) in [6.45, 7) is 2.51. The first-order valence-corrected chi connectivity index (χ1v) is 7.06. The van der Waals surface area contributed by atoms with Crippen molar-refractivity contribution in [2.45, 2.75) is 19.0 Å². The third kappa shape index (κ3) is 6.82. The highest BCUT2D eigenvalue weighted by molar-refractivity contribution is 5.28. The second-order valence-corrected chi connectivity index (χ2v) is 5.05. The Bertz CT molecular complexity index is 387. The van der Waals surface area contributed by atoms with Gasteiger partial charge >= 0.3 is 6.18 Å². The van der Waals surface area contributed by atoms with Gasteiger partial charge in [-0.1, -0.05) is 0 Å². The zero-order chi connectivity index (χ0) is 15.7. The number of hydrogen-bond acceptors (Lipinski definition) is 3. The Morgan fingerprint density at radius 1 is 1.24 bits per heavy atom. The Labute approximate surface area is 123 Å². The summed E-state index contributed by atoms with van der Waals surface area (Å²) in [5, 5.41) is 6.02. The van der Waals surface area contributed by atoms with E-state index >= 15 is 0 Å². The molecule has 1 fully saturated rings. The summed E-state index contributed by atoms with van der Waals surface area (Å²) in [4.78, 5) is 0. The number of ether oxygens (including phenoxy) is 1. The lowest BCUT2D eigenvalue weighted by Crippen LogP contribution is -2.33. The molecule has 1 heterocycles. The first kappa shape index (κ1) is 17.8. The highest BCUT2D eigenvalue weighted by Crippen LogP contribution is 2.30. The van der Waals surface area contributed by atoms with E-state index in [9.17, 15) is 13.2 Å². The van der Waals surface area contributed by atoms with Crippen molar-refractivity contribution in [1.29, 1.82) is 0 Å². The number of alkyl halides is 3. The van der Waals surface area contributed by atoms with E-state index < -0.39 is 11.7 Å². The Morgan fingerprint density at radius 3 is 2.33 bits per heavy atom. The van der Waals surface area contributed by atoms with Crippen molar-refractivity contribution in [2.24, 2.45) is 5.92 Å². The second kappa shape index (κ2) is 8.89. The molecule has 1 aliphatic rings. The fraction of sp³-hybridized carbons (Fsp3) is 0.600. The molecule has 0 saturated carbocycles. The number of halogens is 3. The van der Waals surface area contributed by atoms with Gasteiger partial charge in [0.1, 0.15) is 5.75 Å². The van der Waals surface area contributed by atoms with E-state index in [1.165, 1.54) is 12.1 Å². The minimum atomic E-state index is -4.29. The van der Waals surface area contributed by atoms with Crippen LogP contribution in [0.5, 0.6) is 5.75 Å². The van der Waals surface area contributed by atoms with Crippen LogP contribution < -0.4 is 15.4 Å². The monoisotopic (exact) mass is 304 g/mol. The van der Waals surface area contributed by atoms with Crippen molar-refractivity contribution in [2.75, 3.05) is 33.8 Å².